The van der Waals surface area contributed by atoms with Gasteiger partial charge in [-0.15, -0.1) is 0 Å². The van der Waals surface area contributed by atoms with Crippen LogP contribution in [-0.2, 0) is 9.53 Å². The van der Waals surface area contributed by atoms with Gasteiger partial charge in [0.1, 0.15) is 0 Å². The third kappa shape index (κ3) is 3.64. The Bertz CT molecular complexity index is 185. The third-order valence-electron chi connectivity index (χ3n) is 2.56. The van der Waals surface area contributed by atoms with Crippen LogP contribution in [0.5, 0.6) is 0 Å². The minimum atomic E-state index is 0.176. The highest BCUT2D eigenvalue weighted by Crippen LogP contribution is 2.10. The quantitative estimate of drug-likeness (QED) is 0.652. The average molecular weight is 200 g/mol. The largest absolute Gasteiger partial charge is 0.385 e. The van der Waals surface area contributed by atoms with E-state index >= 15 is 0 Å². The van der Waals surface area contributed by atoms with Crippen molar-refractivity contribution in [1.29, 1.82) is 0 Å². The number of methoxy groups -OCH3 is 1. The zero-order chi connectivity index (χ0) is 10.4. The molecule has 1 saturated heterocycles. The Labute approximate surface area is 85.4 Å². The first-order chi connectivity index (χ1) is 6.74. The zero-order valence-electron chi connectivity index (χ0n) is 8.87. The summed E-state index contributed by atoms with van der Waals surface area (Å²) >= 11 is 0. The summed E-state index contributed by atoms with van der Waals surface area (Å²) < 4.78 is 4.95. The number of amides is 1. The number of hydrogen-bond donors (Lipinski definition) is 1. The summed E-state index contributed by atoms with van der Waals surface area (Å²) in [5.41, 5.74) is 5.80. The van der Waals surface area contributed by atoms with Gasteiger partial charge in [0.25, 0.3) is 0 Å². The van der Waals surface area contributed by atoms with E-state index in [9.17, 15) is 4.79 Å². The number of nitrogens with zero attached hydrogens (tertiary/aromatic N) is 1. The fourth-order valence-electron chi connectivity index (χ4n) is 1.71. The molecule has 1 heterocycles. The number of unbranched alkanes of at least 4 members (excludes halogenated alkanes) is 1. The highest BCUT2D eigenvalue weighted by molar-refractivity contribution is 5.77. The SMILES string of the molecule is COCCCCN1CC(N)CCC1=O. The third-order valence-corrected chi connectivity index (χ3v) is 2.56. The fourth-order valence-corrected chi connectivity index (χ4v) is 1.71. The number of piperidine rings is 1. The fraction of sp³-hybridized carbons (Fsp3) is 0.900. The molecule has 0 saturated carbocycles. The molecule has 0 aromatic heterocycles. The van der Waals surface area contributed by atoms with Crippen LogP contribution in [0.15, 0.2) is 0 Å². The van der Waals surface area contributed by atoms with E-state index in [1.165, 1.54) is 0 Å². The van der Waals surface area contributed by atoms with Crippen molar-refractivity contribution in [2.75, 3.05) is 26.8 Å². The molecule has 4 nitrogen and oxygen atoms in total. The predicted molar refractivity (Wildman–Crippen MR) is 54.9 cm³/mol. The molecule has 1 unspecified atom stereocenters. The van der Waals surface area contributed by atoms with Gasteiger partial charge in [-0.3, -0.25) is 4.79 Å². The first kappa shape index (κ1) is 11.5. The van der Waals surface area contributed by atoms with E-state index in [1.54, 1.807) is 7.11 Å². The van der Waals surface area contributed by atoms with Crippen LogP contribution in [0.25, 0.3) is 0 Å². The number of likely N-dealkylation sites (tertiary alicyclic amines) is 1. The van der Waals surface area contributed by atoms with E-state index in [0.717, 1.165) is 39.0 Å². The summed E-state index contributed by atoms with van der Waals surface area (Å²) in [5.74, 6) is 0.254. The van der Waals surface area contributed by atoms with Gasteiger partial charge in [0.05, 0.1) is 0 Å². The van der Waals surface area contributed by atoms with Crippen LogP contribution in [0, 0.1) is 0 Å². The van der Waals surface area contributed by atoms with Crippen LogP contribution >= 0.6 is 0 Å². The highest BCUT2D eigenvalue weighted by atomic mass is 16.5. The van der Waals surface area contributed by atoms with Crippen LogP contribution in [0.1, 0.15) is 25.7 Å². The molecule has 0 aliphatic carbocycles. The van der Waals surface area contributed by atoms with Crippen LogP contribution < -0.4 is 5.73 Å². The smallest absolute Gasteiger partial charge is 0.222 e. The molecule has 1 atom stereocenters. The van der Waals surface area contributed by atoms with E-state index in [2.05, 4.69) is 0 Å². The van der Waals surface area contributed by atoms with Gasteiger partial charge in [0, 0.05) is 39.3 Å². The Morgan fingerprint density at radius 3 is 3.07 bits per heavy atom. The Morgan fingerprint density at radius 1 is 1.57 bits per heavy atom. The molecule has 0 radical (unpaired) electrons. The monoisotopic (exact) mass is 200 g/mol. The van der Waals surface area contributed by atoms with Crippen LogP contribution in [0.3, 0.4) is 0 Å². The molecule has 0 spiro atoms. The normalized spacial score (nSPS) is 22.9. The van der Waals surface area contributed by atoms with Gasteiger partial charge in [0.2, 0.25) is 5.91 Å². The topological polar surface area (TPSA) is 55.6 Å². The Kier molecular flexibility index (Phi) is 4.90. The standard InChI is InChI=1S/C10H20N2O2/c1-14-7-3-2-6-12-8-9(11)4-5-10(12)13/h9H,2-8,11H2,1H3. The minimum absolute atomic E-state index is 0.176. The molecule has 82 valence electrons. The van der Waals surface area contributed by atoms with Gasteiger partial charge in [-0.05, 0) is 19.3 Å². The molecule has 14 heavy (non-hydrogen) atoms. The number of carbonyl (C=O) groups excluding carboxylic acids is 1. The molecular weight excluding hydrogens is 180 g/mol. The van der Waals surface area contributed by atoms with E-state index in [-0.39, 0.29) is 11.9 Å². The first-order valence-corrected chi connectivity index (χ1v) is 5.26. The van der Waals surface area contributed by atoms with Crippen molar-refractivity contribution in [3.8, 4) is 0 Å². The minimum Gasteiger partial charge on any atom is -0.385 e. The number of hydrogen-bond acceptors (Lipinski definition) is 3. The van der Waals surface area contributed by atoms with Crippen LogP contribution in [0.4, 0.5) is 0 Å². The van der Waals surface area contributed by atoms with Gasteiger partial charge in [-0.1, -0.05) is 0 Å². The summed E-state index contributed by atoms with van der Waals surface area (Å²) in [5, 5.41) is 0. The Morgan fingerprint density at radius 2 is 2.36 bits per heavy atom. The second kappa shape index (κ2) is 5.98. The van der Waals surface area contributed by atoms with E-state index < -0.39 is 0 Å². The summed E-state index contributed by atoms with van der Waals surface area (Å²) in [6.45, 7) is 2.33. The van der Waals surface area contributed by atoms with Gasteiger partial charge in [0.15, 0.2) is 0 Å². The molecule has 1 aliphatic rings. The van der Waals surface area contributed by atoms with Crippen molar-refractivity contribution in [1.82, 2.24) is 4.90 Å². The molecule has 0 aromatic carbocycles. The maximum atomic E-state index is 11.4. The van der Waals surface area contributed by atoms with Crippen molar-refractivity contribution in [3.05, 3.63) is 0 Å². The van der Waals surface area contributed by atoms with Gasteiger partial charge in [-0.25, -0.2) is 0 Å². The van der Waals surface area contributed by atoms with Crippen molar-refractivity contribution in [2.24, 2.45) is 5.73 Å². The van der Waals surface area contributed by atoms with Gasteiger partial charge < -0.3 is 15.4 Å². The lowest BCUT2D eigenvalue weighted by atomic mass is 10.1. The number of carbonyl (C=O) groups is 1. The lowest BCUT2D eigenvalue weighted by Gasteiger charge is -2.30. The first-order valence-electron chi connectivity index (χ1n) is 5.26. The molecule has 1 rings (SSSR count). The Hall–Kier alpha value is -0.610. The van der Waals surface area contributed by atoms with Crippen molar-refractivity contribution in [2.45, 2.75) is 31.7 Å². The van der Waals surface area contributed by atoms with Crippen molar-refractivity contribution in [3.63, 3.8) is 0 Å². The molecule has 1 aliphatic heterocycles. The zero-order valence-corrected chi connectivity index (χ0v) is 8.87. The van der Waals surface area contributed by atoms with Crippen LogP contribution in [-0.4, -0.2) is 43.7 Å². The van der Waals surface area contributed by atoms with E-state index in [4.69, 9.17) is 10.5 Å². The van der Waals surface area contributed by atoms with E-state index in [1.807, 2.05) is 4.90 Å². The molecule has 2 N–H and O–H groups in total. The second-order valence-electron chi connectivity index (χ2n) is 3.84. The van der Waals surface area contributed by atoms with Crippen molar-refractivity contribution >= 4 is 5.91 Å². The molecule has 1 amide bonds. The number of ether oxygens (including phenoxy) is 1. The Balaban J connectivity index is 2.17. The molecule has 0 bridgehead atoms. The van der Waals surface area contributed by atoms with Gasteiger partial charge in [-0.2, -0.15) is 0 Å². The molecule has 4 heteroatoms. The maximum absolute atomic E-state index is 11.4. The highest BCUT2D eigenvalue weighted by Gasteiger charge is 2.22. The molecule has 0 aromatic rings. The average Bonchev–Trinajstić information content (AvgIpc) is 2.18. The summed E-state index contributed by atoms with van der Waals surface area (Å²) in [6, 6.07) is 0.176. The summed E-state index contributed by atoms with van der Waals surface area (Å²) in [7, 11) is 1.70. The summed E-state index contributed by atoms with van der Waals surface area (Å²) in [6.07, 6.45) is 3.47. The van der Waals surface area contributed by atoms with Gasteiger partial charge >= 0.3 is 0 Å². The molecular formula is C10H20N2O2. The number of nitrogens with two attached hydrogens (primary N) is 1. The lowest BCUT2D eigenvalue weighted by molar-refractivity contribution is -0.133. The predicted octanol–water partition coefficient (Wildman–Crippen LogP) is 0.363. The number of rotatable bonds is 5. The van der Waals surface area contributed by atoms with E-state index in [0.29, 0.717) is 6.42 Å². The lowest BCUT2D eigenvalue weighted by Crippen LogP contribution is -2.46. The molecule has 1 fully saturated rings. The second-order valence-corrected chi connectivity index (χ2v) is 3.84. The van der Waals surface area contributed by atoms with Crippen LogP contribution in [0.2, 0.25) is 0 Å². The summed E-state index contributed by atoms with van der Waals surface area (Å²) in [4.78, 5) is 13.3. The maximum Gasteiger partial charge on any atom is 0.222 e. The van der Waals surface area contributed by atoms with Crippen molar-refractivity contribution < 1.29 is 9.53 Å².